The third-order valence-electron chi connectivity index (χ3n) is 5.02. The van der Waals surface area contributed by atoms with Gasteiger partial charge in [-0.05, 0) is 49.7 Å². The number of hydrogen-bond donors (Lipinski definition) is 0. The van der Waals surface area contributed by atoms with E-state index in [4.69, 9.17) is 9.47 Å². The molecule has 0 bridgehead atoms. The maximum atomic E-state index is 13.2. The first-order valence-corrected chi connectivity index (χ1v) is 12.5. The van der Waals surface area contributed by atoms with Gasteiger partial charge in [0.25, 0.3) is 0 Å². The third-order valence-corrected chi connectivity index (χ3v) is 7.68. The molecule has 33 heavy (non-hydrogen) atoms. The van der Waals surface area contributed by atoms with Gasteiger partial charge in [-0.2, -0.15) is 0 Å². The van der Waals surface area contributed by atoms with Crippen LogP contribution in [-0.2, 0) is 20.3 Å². The van der Waals surface area contributed by atoms with Gasteiger partial charge in [0.2, 0.25) is 0 Å². The number of sulfone groups is 1. The Balaban J connectivity index is 1.79. The predicted octanol–water partition coefficient (Wildman–Crippen LogP) is 4.67. The van der Waals surface area contributed by atoms with Crippen LogP contribution < -0.4 is 4.74 Å². The summed E-state index contributed by atoms with van der Waals surface area (Å²) >= 11 is 1.20. The lowest BCUT2D eigenvalue weighted by Crippen LogP contribution is -2.07. The number of rotatable bonds is 7. The molecule has 0 aliphatic carbocycles. The maximum Gasteiger partial charge on any atom is 0.349 e. The van der Waals surface area contributed by atoms with Crippen molar-refractivity contribution in [2.24, 2.45) is 0 Å². The number of hydrogen-bond acceptors (Lipinski definition) is 7. The highest BCUT2D eigenvalue weighted by Crippen LogP contribution is 2.35. The molecule has 0 fully saturated rings. The summed E-state index contributed by atoms with van der Waals surface area (Å²) < 4.78 is 51.9. The molecule has 4 aromatic rings. The Hall–Kier alpha value is -3.24. The van der Waals surface area contributed by atoms with E-state index in [9.17, 15) is 17.6 Å². The molecule has 0 saturated carbocycles. The summed E-state index contributed by atoms with van der Waals surface area (Å²) in [5.74, 6) is -0.973. The lowest BCUT2D eigenvalue weighted by molar-refractivity contribution is 0.0531. The first-order chi connectivity index (χ1) is 15.7. The van der Waals surface area contributed by atoms with Gasteiger partial charge in [0.1, 0.15) is 21.3 Å². The van der Waals surface area contributed by atoms with Gasteiger partial charge >= 0.3 is 5.97 Å². The predicted molar refractivity (Wildman–Crippen MR) is 123 cm³/mol. The molecule has 4 rings (SSSR count). The second-order valence-corrected chi connectivity index (χ2v) is 10.2. The van der Waals surface area contributed by atoms with Crippen molar-refractivity contribution in [2.75, 3.05) is 13.7 Å². The standard InChI is InChI=1S/C23H21FN2O5S2/c1-4-31-22(27)19-12-26-21(14(2)25-23(26)32-19)16-7-10-18(30-3)20(11-16)33(28,29)13-15-5-8-17(24)9-6-15/h5-12H,4,13H2,1-3H3. The average molecular weight is 489 g/mol. The van der Waals surface area contributed by atoms with Gasteiger partial charge in [-0.1, -0.05) is 23.5 Å². The van der Waals surface area contributed by atoms with Crippen LogP contribution in [0.2, 0.25) is 0 Å². The zero-order valence-electron chi connectivity index (χ0n) is 18.2. The van der Waals surface area contributed by atoms with Crippen molar-refractivity contribution >= 4 is 32.1 Å². The number of aromatic nitrogens is 2. The van der Waals surface area contributed by atoms with Gasteiger partial charge in [-0.25, -0.2) is 22.6 Å². The number of nitrogens with zero attached hydrogens (tertiary/aromatic N) is 2. The fourth-order valence-electron chi connectivity index (χ4n) is 3.54. The van der Waals surface area contributed by atoms with Crippen molar-refractivity contribution in [1.29, 1.82) is 0 Å². The summed E-state index contributed by atoms with van der Waals surface area (Å²) in [7, 11) is -2.41. The summed E-state index contributed by atoms with van der Waals surface area (Å²) in [6.45, 7) is 3.81. The van der Waals surface area contributed by atoms with E-state index in [1.807, 2.05) is 6.92 Å². The van der Waals surface area contributed by atoms with Crippen molar-refractivity contribution < 1.29 is 27.1 Å². The van der Waals surface area contributed by atoms with E-state index in [-0.39, 0.29) is 23.0 Å². The van der Waals surface area contributed by atoms with Crippen LogP contribution >= 0.6 is 11.3 Å². The van der Waals surface area contributed by atoms with Crippen molar-refractivity contribution in [3.8, 4) is 17.0 Å². The molecular formula is C23H21FN2O5S2. The summed E-state index contributed by atoms with van der Waals surface area (Å²) in [6.07, 6.45) is 1.64. The maximum absolute atomic E-state index is 13.2. The number of ether oxygens (including phenoxy) is 2. The molecule has 2 aromatic carbocycles. The molecule has 172 valence electrons. The average Bonchev–Trinajstić information content (AvgIpc) is 3.31. The summed E-state index contributed by atoms with van der Waals surface area (Å²) in [5.41, 5.74) is 2.41. The number of carbonyl (C=O) groups excluding carboxylic acids is 1. The molecule has 0 atom stereocenters. The molecule has 10 heteroatoms. The summed E-state index contributed by atoms with van der Waals surface area (Å²) in [5, 5.41) is 0. The van der Waals surface area contributed by atoms with E-state index in [0.717, 1.165) is 0 Å². The number of imidazole rings is 1. The second kappa shape index (κ2) is 8.95. The van der Waals surface area contributed by atoms with Crippen LogP contribution in [0.15, 0.2) is 53.6 Å². The van der Waals surface area contributed by atoms with Gasteiger partial charge in [-0.15, -0.1) is 0 Å². The van der Waals surface area contributed by atoms with Gasteiger partial charge in [0.05, 0.1) is 30.9 Å². The highest BCUT2D eigenvalue weighted by molar-refractivity contribution is 7.90. The van der Waals surface area contributed by atoms with Crippen LogP contribution in [0.5, 0.6) is 5.75 Å². The lowest BCUT2D eigenvalue weighted by atomic mass is 10.1. The lowest BCUT2D eigenvalue weighted by Gasteiger charge is -2.12. The zero-order chi connectivity index (χ0) is 23.8. The molecule has 2 heterocycles. The minimum absolute atomic E-state index is 0.0158. The van der Waals surface area contributed by atoms with Gasteiger partial charge < -0.3 is 9.47 Å². The minimum atomic E-state index is -3.81. The molecule has 0 radical (unpaired) electrons. The number of fused-ring (bicyclic) bond motifs is 1. The van der Waals surface area contributed by atoms with E-state index < -0.39 is 21.6 Å². The Labute approximate surface area is 194 Å². The number of halogens is 1. The van der Waals surface area contributed by atoms with E-state index in [2.05, 4.69) is 4.98 Å². The number of methoxy groups -OCH3 is 1. The second-order valence-electron chi connectivity index (χ2n) is 7.27. The molecule has 0 spiro atoms. The van der Waals surface area contributed by atoms with Crippen molar-refractivity contribution in [1.82, 2.24) is 9.38 Å². The van der Waals surface area contributed by atoms with Crippen molar-refractivity contribution in [2.45, 2.75) is 24.5 Å². The monoisotopic (exact) mass is 488 g/mol. The van der Waals surface area contributed by atoms with Gasteiger partial charge in [-0.3, -0.25) is 4.40 Å². The number of aryl methyl sites for hydroxylation is 1. The first-order valence-electron chi connectivity index (χ1n) is 10.0. The fourth-order valence-corrected chi connectivity index (χ4v) is 6.02. The van der Waals surface area contributed by atoms with E-state index in [0.29, 0.717) is 32.4 Å². The number of thiazole rings is 1. The van der Waals surface area contributed by atoms with Crippen LogP contribution in [-0.4, -0.2) is 37.5 Å². The molecule has 0 N–H and O–H groups in total. The molecule has 0 amide bonds. The highest BCUT2D eigenvalue weighted by atomic mass is 32.2. The number of carbonyl (C=O) groups is 1. The van der Waals surface area contributed by atoms with Gasteiger partial charge in [0.15, 0.2) is 14.8 Å². The molecule has 0 unspecified atom stereocenters. The molecule has 0 aliphatic rings. The van der Waals surface area contributed by atoms with Crippen LogP contribution in [0.1, 0.15) is 27.9 Å². The topological polar surface area (TPSA) is 87.0 Å². The number of benzene rings is 2. The van der Waals surface area contributed by atoms with Gasteiger partial charge in [0, 0.05) is 11.8 Å². The SMILES string of the molecule is CCOC(=O)c1cn2c(-c3ccc(OC)c(S(=O)(=O)Cc4ccc(F)cc4)c3)c(C)nc2s1. The molecule has 2 aromatic heterocycles. The summed E-state index contributed by atoms with van der Waals surface area (Å²) in [4.78, 5) is 17.7. The van der Waals surface area contributed by atoms with Crippen LogP contribution in [0.3, 0.4) is 0 Å². The Kier molecular flexibility index (Phi) is 6.22. The molecule has 0 saturated heterocycles. The largest absolute Gasteiger partial charge is 0.495 e. The smallest absolute Gasteiger partial charge is 0.349 e. The van der Waals surface area contributed by atoms with E-state index in [1.54, 1.807) is 29.7 Å². The van der Waals surface area contributed by atoms with Crippen molar-refractivity contribution in [3.05, 3.63) is 70.6 Å². The Bertz CT molecular complexity index is 1440. The zero-order valence-corrected chi connectivity index (χ0v) is 19.8. The quantitative estimate of drug-likeness (QED) is 0.352. The third kappa shape index (κ3) is 4.49. The van der Waals surface area contributed by atoms with Crippen LogP contribution in [0.25, 0.3) is 16.2 Å². The first kappa shape index (κ1) is 22.9. The molecule has 0 aliphatic heterocycles. The minimum Gasteiger partial charge on any atom is -0.495 e. The van der Waals surface area contributed by atoms with Crippen LogP contribution in [0, 0.1) is 12.7 Å². The fraction of sp³-hybridized carbons (Fsp3) is 0.217. The Morgan fingerprint density at radius 2 is 1.91 bits per heavy atom. The Morgan fingerprint density at radius 3 is 2.58 bits per heavy atom. The number of esters is 1. The normalized spacial score (nSPS) is 11.6. The summed E-state index contributed by atoms with van der Waals surface area (Å²) in [6, 6.07) is 10.2. The molecular weight excluding hydrogens is 467 g/mol. The highest BCUT2D eigenvalue weighted by Gasteiger charge is 2.24. The van der Waals surface area contributed by atoms with E-state index >= 15 is 0 Å². The van der Waals surface area contributed by atoms with E-state index in [1.165, 1.54) is 48.8 Å². The Morgan fingerprint density at radius 1 is 1.18 bits per heavy atom. The van der Waals surface area contributed by atoms with Crippen LogP contribution in [0.4, 0.5) is 4.39 Å². The van der Waals surface area contributed by atoms with Crippen molar-refractivity contribution in [3.63, 3.8) is 0 Å². The molecule has 7 nitrogen and oxygen atoms in total.